The molecule has 0 bridgehead atoms. The first-order valence-corrected chi connectivity index (χ1v) is 9.41. The summed E-state index contributed by atoms with van der Waals surface area (Å²) in [4.78, 5) is 23.6. The van der Waals surface area contributed by atoms with Gasteiger partial charge in [0.25, 0.3) is 5.91 Å². The van der Waals surface area contributed by atoms with E-state index in [1.807, 2.05) is 0 Å². The lowest BCUT2D eigenvalue weighted by molar-refractivity contribution is -0.169. The number of hydrogen-bond acceptors (Lipinski definition) is 7. The van der Waals surface area contributed by atoms with Crippen LogP contribution >= 0.6 is 0 Å². The topological polar surface area (TPSA) is 85.8 Å². The summed E-state index contributed by atoms with van der Waals surface area (Å²) in [5, 5.41) is 2.86. The number of methoxy groups -OCH3 is 1. The van der Waals surface area contributed by atoms with Gasteiger partial charge in [0, 0.05) is 37.7 Å². The Labute approximate surface area is 163 Å². The summed E-state index contributed by atoms with van der Waals surface area (Å²) < 4.78 is 16.7. The molecule has 0 atom stereocenters. The smallest absolute Gasteiger partial charge is 0.274 e. The van der Waals surface area contributed by atoms with Gasteiger partial charge in [-0.1, -0.05) is 0 Å². The highest BCUT2D eigenvalue weighted by atomic mass is 16.7. The van der Waals surface area contributed by atoms with E-state index in [2.05, 4.69) is 20.2 Å². The van der Waals surface area contributed by atoms with E-state index in [1.54, 1.807) is 44.4 Å². The van der Waals surface area contributed by atoms with Gasteiger partial charge in [0.15, 0.2) is 5.79 Å². The van der Waals surface area contributed by atoms with Crippen molar-refractivity contribution in [3.05, 3.63) is 41.9 Å². The number of nitrogens with zero attached hydrogens (tertiary/aromatic N) is 3. The van der Waals surface area contributed by atoms with E-state index >= 15 is 0 Å². The summed E-state index contributed by atoms with van der Waals surface area (Å²) in [5.74, 6) is 1.34. The first kappa shape index (κ1) is 18.6. The second kappa shape index (κ2) is 7.73. The fraction of sp³-hybridized carbons (Fsp3) is 0.450. The number of nitrogens with one attached hydrogen (secondary N) is 1. The molecule has 2 aliphatic heterocycles. The first-order valence-electron chi connectivity index (χ1n) is 9.41. The zero-order valence-electron chi connectivity index (χ0n) is 16.1. The SMILES string of the molecule is COc1ccc(NC(=O)c2cc(N3CCC4(CC3)OCCO4)nc(C)n2)cc1. The predicted molar refractivity (Wildman–Crippen MR) is 104 cm³/mol. The van der Waals surface area contributed by atoms with Crippen LogP contribution in [0, 0.1) is 6.92 Å². The Balaban J connectivity index is 1.46. The number of carbonyl (C=O) groups is 1. The molecule has 1 amide bonds. The van der Waals surface area contributed by atoms with Crippen molar-refractivity contribution in [1.82, 2.24) is 9.97 Å². The highest BCUT2D eigenvalue weighted by Gasteiger charge is 2.40. The number of aryl methyl sites for hydroxylation is 1. The minimum atomic E-state index is -0.437. The maximum Gasteiger partial charge on any atom is 0.274 e. The average Bonchev–Trinajstić information content (AvgIpc) is 3.16. The predicted octanol–water partition coefficient (Wildman–Crippen LogP) is 2.39. The maximum atomic E-state index is 12.7. The molecule has 28 heavy (non-hydrogen) atoms. The molecule has 8 heteroatoms. The Kier molecular flexibility index (Phi) is 5.15. The van der Waals surface area contributed by atoms with Crippen molar-refractivity contribution in [1.29, 1.82) is 0 Å². The molecule has 0 saturated carbocycles. The number of ether oxygens (including phenoxy) is 3. The quantitative estimate of drug-likeness (QED) is 0.866. The third-order valence-corrected chi connectivity index (χ3v) is 5.07. The van der Waals surface area contributed by atoms with Crippen LogP contribution in [0.25, 0.3) is 0 Å². The Morgan fingerprint density at radius 3 is 2.46 bits per heavy atom. The minimum absolute atomic E-state index is 0.271. The molecule has 1 spiro atoms. The van der Waals surface area contributed by atoms with E-state index in [9.17, 15) is 4.79 Å². The molecule has 2 aliphatic rings. The van der Waals surface area contributed by atoms with Crippen LogP contribution in [0.5, 0.6) is 5.75 Å². The van der Waals surface area contributed by atoms with Gasteiger partial charge in [0.2, 0.25) is 0 Å². The van der Waals surface area contributed by atoms with Gasteiger partial charge in [-0.15, -0.1) is 0 Å². The van der Waals surface area contributed by atoms with E-state index in [0.717, 1.165) is 37.5 Å². The molecule has 1 aromatic heterocycles. The van der Waals surface area contributed by atoms with E-state index in [4.69, 9.17) is 14.2 Å². The molecule has 2 saturated heterocycles. The summed E-state index contributed by atoms with van der Waals surface area (Å²) in [6, 6.07) is 8.90. The van der Waals surface area contributed by atoms with E-state index in [-0.39, 0.29) is 5.91 Å². The molecule has 0 unspecified atom stereocenters. The van der Waals surface area contributed by atoms with Crippen LogP contribution in [0.2, 0.25) is 0 Å². The van der Waals surface area contributed by atoms with Crippen LogP contribution in [0.15, 0.2) is 30.3 Å². The Morgan fingerprint density at radius 2 is 1.82 bits per heavy atom. The fourth-order valence-electron chi connectivity index (χ4n) is 3.56. The average molecular weight is 384 g/mol. The van der Waals surface area contributed by atoms with Crippen LogP contribution in [-0.4, -0.2) is 55.1 Å². The van der Waals surface area contributed by atoms with Crippen molar-refractivity contribution < 1.29 is 19.0 Å². The highest BCUT2D eigenvalue weighted by Crippen LogP contribution is 2.32. The van der Waals surface area contributed by atoms with Gasteiger partial charge in [0.1, 0.15) is 23.1 Å². The monoisotopic (exact) mass is 384 g/mol. The highest BCUT2D eigenvalue weighted by molar-refractivity contribution is 6.03. The number of piperidine rings is 1. The van der Waals surface area contributed by atoms with E-state index in [0.29, 0.717) is 30.4 Å². The standard InChI is InChI=1S/C20H24N4O4/c1-14-21-17(19(25)23-15-3-5-16(26-2)6-4-15)13-18(22-14)24-9-7-20(8-10-24)27-11-12-28-20/h3-6,13H,7-12H2,1-2H3,(H,23,25). The lowest BCUT2D eigenvalue weighted by atomic mass is 10.0. The molecule has 2 fully saturated rings. The summed E-state index contributed by atoms with van der Waals surface area (Å²) in [5.41, 5.74) is 1.02. The van der Waals surface area contributed by atoms with E-state index in [1.165, 1.54) is 0 Å². The van der Waals surface area contributed by atoms with Crippen LogP contribution in [0.3, 0.4) is 0 Å². The number of aromatic nitrogens is 2. The van der Waals surface area contributed by atoms with Gasteiger partial charge in [-0.05, 0) is 31.2 Å². The molecular formula is C20H24N4O4. The van der Waals surface area contributed by atoms with Crippen LogP contribution in [0.4, 0.5) is 11.5 Å². The second-order valence-electron chi connectivity index (χ2n) is 6.94. The van der Waals surface area contributed by atoms with Crippen molar-refractivity contribution in [3.63, 3.8) is 0 Å². The van der Waals surface area contributed by atoms with Crippen molar-refractivity contribution in [2.45, 2.75) is 25.6 Å². The molecule has 2 aromatic rings. The van der Waals surface area contributed by atoms with Crippen molar-refractivity contribution in [2.75, 3.05) is 43.6 Å². The minimum Gasteiger partial charge on any atom is -0.497 e. The zero-order chi connectivity index (χ0) is 19.6. The third-order valence-electron chi connectivity index (χ3n) is 5.07. The zero-order valence-corrected chi connectivity index (χ0v) is 16.1. The fourth-order valence-corrected chi connectivity index (χ4v) is 3.56. The maximum absolute atomic E-state index is 12.7. The lowest BCUT2D eigenvalue weighted by Crippen LogP contribution is -2.45. The van der Waals surface area contributed by atoms with Crippen LogP contribution in [0.1, 0.15) is 29.2 Å². The molecule has 4 rings (SSSR count). The second-order valence-corrected chi connectivity index (χ2v) is 6.94. The van der Waals surface area contributed by atoms with Crippen molar-refractivity contribution in [2.24, 2.45) is 0 Å². The number of benzene rings is 1. The van der Waals surface area contributed by atoms with Gasteiger partial charge in [-0.25, -0.2) is 9.97 Å². The van der Waals surface area contributed by atoms with Crippen LogP contribution in [-0.2, 0) is 9.47 Å². The Hall–Kier alpha value is -2.71. The molecule has 8 nitrogen and oxygen atoms in total. The number of hydrogen-bond donors (Lipinski definition) is 1. The molecule has 1 N–H and O–H groups in total. The van der Waals surface area contributed by atoms with Gasteiger partial charge < -0.3 is 24.4 Å². The molecule has 3 heterocycles. The Bertz CT molecular complexity index is 840. The van der Waals surface area contributed by atoms with Gasteiger partial charge in [0.05, 0.1) is 20.3 Å². The lowest BCUT2D eigenvalue weighted by Gasteiger charge is -2.38. The first-order chi connectivity index (χ1) is 13.6. The van der Waals surface area contributed by atoms with Gasteiger partial charge in [-0.2, -0.15) is 0 Å². The summed E-state index contributed by atoms with van der Waals surface area (Å²) in [7, 11) is 1.60. The summed E-state index contributed by atoms with van der Waals surface area (Å²) in [6.07, 6.45) is 1.56. The van der Waals surface area contributed by atoms with Crippen molar-refractivity contribution in [3.8, 4) is 5.75 Å². The molecule has 1 aromatic carbocycles. The number of anilines is 2. The van der Waals surface area contributed by atoms with Gasteiger partial charge >= 0.3 is 0 Å². The molecule has 0 radical (unpaired) electrons. The Morgan fingerprint density at radius 1 is 1.14 bits per heavy atom. The molecule has 148 valence electrons. The largest absolute Gasteiger partial charge is 0.497 e. The van der Waals surface area contributed by atoms with Crippen molar-refractivity contribution >= 4 is 17.4 Å². The molecular weight excluding hydrogens is 360 g/mol. The summed E-state index contributed by atoms with van der Waals surface area (Å²) >= 11 is 0. The number of amides is 1. The number of carbonyl (C=O) groups excluding carboxylic acids is 1. The van der Waals surface area contributed by atoms with Gasteiger partial charge in [-0.3, -0.25) is 4.79 Å². The van der Waals surface area contributed by atoms with E-state index < -0.39 is 5.79 Å². The number of rotatable bonds is 4. The summed E-state index contributed by atoms with van der Waals surface area (Å²) in [6.45, 7) is 4.62. The normalized spacial score (nSPS) is 18.3. The molecule has 0 aliphatic carbocycles. The van der Waals surface area contributed by atoms with Crippen LogP contribution < -0.4 is 15.0 Å². The third kappa shape index (κ3) is 3.93.